The molecule has 2 heterocycles. The van der Waals surface area contributed by atoms with Crippen LogP contribution in [0, 0.1) is 5.82 Å². The molecular formula is C12H14FNO. The molecule has 2 nitrogen and oxygen atoms in total. The molecule has 0 bridgehead atoms. The van der Waals surface area contributed by atoms with Crippen LogP contribution >= 0.6 is 0 Å². The summed E-state index contributed by atoms with van der Waals surface area (Å²) in [4.78, 5) is 0. The molecule has 0 aromatic heterocycles. The van der Waals surface area contributed by atoms with Gasteiger partial charge in [-0.25, -0.2) is 4.39 Å². The Hall–Kier alpha value is -1.09. The van der Waals surface area contributed by atoms with Crippen molar-refractivity contribution in [1.29, 1.82) is 0 Å². The Kier molecular flexibility index (Phi) is 1.96. The van der Waals surface area contributed by atoms with E-state index < -0.39 is 0 Å². The highest BCUT2D eigenvalue weighted by atomic mass is 19.1. The van der Waals surface area contributed by atoms with Crippen molar-refractivity contribution in [3.05, 3.63) is 29.6 Å². The Labute approximate surface area is 88.4 Å². The Bertz CT molecular complexity index is 385. The van der Waals surface area contributed by atoms with Crippen molar-refractivity contribution in [2.45, 2.75) is 24.9 Å². The van der Waals surface area contributed by atoms with Crippen LogP contribution in [0.15, 0.2) is 18.2 Å². The van der Waals surface area contributed by atoms with Crippen LogP contribution in [-0.2, 0) is 6.42 Å². The smallest absolute Gasteiger partial charge is 0.123 e. The van der Waals surface area contributed by atoms with E-state index in [1.807, 2.05) is 0 Å². The monoisotopic (exact) mass is 207 g/mol. The Morgan fingerprint density at radius 1 is 1.33 bits per heavy atom. The van der Waals surface area contributed by atoms with Gasteiger partial charge in [0, 0.05) is 13.0 Å². The number of aryl methyl sites for hydroxylation is 1. The number of rotatable bonds is 0. The molecule has 15 heavy (non-hydrogen) atoms. The summed E-state index contributed by atoms with van der Waals surface area (Å²) in [6.45, 7) is 1.94. The fraction of sp³-hybridized carbons (Fsp3) is 0.500. The van der Waals surface area contributed by atoms with E-state index >= 15 is 0 Å². The summed E-state index contributed by atoms with van der Waals surface area (Å²) in [6.07, 6.45) is 2.98. The van der Waals surface area contributed by atoms with Crippen molar-refractivity contribution in [2.24, 2.45) is 0 Å². The lowest BCUT2D eigenvalue weighted by Gasteiger charge is -2.34. The maximum atomic E-state index is 13.0. The van der Waals surface area contributed by atoms with Crippen LogP contribution in [0.4, 0.5) is 4.39 Å². The van der Waals surface area contributed by atoms with Gasteiger partial charge in [0.15, 0.2) is 0 Å². The van der Waals surface area contributed by atoms with E-state index in [1.165, 1.54) is 6.07 Å². The van der Waals surface area contributed by atoms with Gasteiger partial charge in [0.1, 0.15) is 17.2 Å². The van der Waals surface area contributed by atoms with Crippen molar-refractivity contribution in [1.82, 2.24) is 5.32 Å². The molecule has 0 saturated carbocycles. The fourth-order valence-corrected chi connectivity index (χ4v) is 2.51. The second-order valence-corrected chi connectivity index (χ2v) is 4.46. The van der Waals surface area contributed by atoms with E-state index in [4.69, 9.17) is 4.74 Å². The van der Waals surface area contributed by atoms with Crippen molar-refractivity contribution in [3.63, 3.8) is 0 Å². The first-order valence-electron chi connectivity index (χ1n) is 5.46. The molecule has 1 aromatic rings. The first kappa shape index (κ1) is 9.16. The van der Waals surface area contributed by atoms with Gasteiger partial charge in [0.2, 0.25) is 0 Å². The van der Waals surface area contributed by atoms with Crippen molar-refractivity contribution >= 4 is 0 Å². The number of halogens is 1. The molecular weight excluding hydrogens is 193 g/mol. The van der Waals surface area contributed by atoms with Gasteiger partial charge >= 0.3 is 0 Å². The number of hydrogen-bond acceptors (Lipinski definition) is 2. The average molecular weight is 207 g/mol. The minimum atomic E-state index is -0.169. The Balaban J connectivity index is 1.93. The van der Waals surface area contributed by atoms with E-state index in [-0.39, 0.29) is 11.4 Å². The molecule has 1 aromatic carbocycles. The van der Waals surface area contributed by atoms with Crippen molar-refractivity contribution in [3.8, 4) is 5.75 Å². The van der Waals surface area contributed by atoms with Crippen LogP contribution in [-0.4, -0.2) is 18.7 Å². The molecule has 0 aliphatic carbocycles. The minimum Gasteiger partial charge on any atom is -0.486 e. The number of ether oxygens (including phenoxy) is 1. The summed E-state index contributed by atoms with van der Waals surface area (Å²) >= 11 is 0. The maximum absolute atomic E-state index is 13.0. The zero-order valence-corrected chi connectivity index (χ0v) is 8.55. The fourth-order valence-electron chi connectivity index (χ4n) is 2.51. The third-order valence-electron chi connectivity index (χ3n) is 3.40. The van der Waals surface area contributed by atoms with E-state index in [2.05, 4.69) is 5.32 Å². The standard InChI is InChI=1S/C12H14FNO/c13-10-1-2-11-9(7-10)3-4-12(15-11)5-6-14-8-12/h1-2,7,14H,3-6,8H2. The highest BCUT2D eigenvalue weighted by Gasteiger charge is 2.38. The molecule has 1 N–H and O–H groups in total. The lowest BCUT2D eigenvalue weighted by atomic mass is 9.90. The molecule has 2 aliphatic heterocycles. The molecule has 1 saturated heterocycles. The normalized spacial score (nSPS) is 28.9. The van der Waals surface area contributed by atoms with Crippen LogP contribution in [0.1, 0.15) is 18.4 Å². The summed E-state index contributed by atoms with van der Waals surface area (Å²) < 4.78 is 19.0. The van der Waals surface area contributed by atoms with E-state index in [9.17, 15) is 4.39 Å². The summed E-state index contributed by atoms with van der Waals surface area (Å²) in [5.74, 6) is 0.698. The number of fused-ring (bicyclic) bond motifs is 1. The molecule has 3 rings (SSSR count). The van der Waals surface area contributed by atoms with Crippen LogP contribution < -0.4 is 10.1 Å². The van der Waals surface area contributed by atoms with Gasteiger partial charge in [-0.1, -0.05) is 0 Å². The second-order valence-electron chi connectivity index (χ2n) is 4.46. The Morgan fingerprint density at radius 2 is 2.27 bits per heavy atom. The third-order valence-corrected chi connectivity index (χ3v) is 3.40. The van der Waals surface area contributed by atoms with Crippen LogP contribution in [0.3, 0.4) is 0 Å². The molecule has 1 fully saturated rings. The summed E-state index contributed by atoms with van der Waals surface area (Å²) in [5.41, 5.74) is 0.984. The molecule has 0 radical (unpaired) electrons. The van der Waals surface area contributed by atoms with Gasteiger partial charge in [-0.2, -0.15) is 0 Å². The summed E-state index contributed by atoms with van der Waals surface area (Å²) in [6, 6.07) is 4.81. The lowest BCUT2D eigenvalue weighted by Crippen LogP contribution is -2.41. The molecule has 1 spiro atoms. The van der Waals surface area contributed by atoms with Crippen LogP contribution in [0.25, 0.3) is 0 Å². The lowest BCUT2D eigenvalue weighted by molar-refractivity contribution is 0.0662. The van der Waals surface area contributed by atoms with Gasteiger partial charge in [0.25, 0.3) is 0 Å². The van der Waals surface area contributed by atoms with E-state index in [0.717, 1.165) is 43.7 Å². The zero-order valence-electron chi connectivity index (χ0n) is 8.55. The van der Waals surface area contributed by atoms with E-state index in [1.54, 1.807) is 12.1 Å². The van der Waals surface area contributed by atoms with Gasteiger partial charge in [-0.15, -0.1) is 0 Å². The topological polar surface area (TPSA) is 21.3 Å². The predicted octanol–water partition coefficient (Wildman–Crippen LogP) is 1.88. The highest BCUT2D eigenvalue weighted by Crippen LogP contribution is 2.36. The minimum absolute atomic E-state index is 0.0230. The van der Waals surface area contributed by atoms with Crippen molar-refractivity contribution in [2.75, 3.05) is 13.1 Å². The SMILES string of the molecule is Fc1ccc2c(c1)CCC1(CCNC1)O2. The quantitative estimate of drug-likeness (QED) is 0.701. The van der Waals surface area contributed by atoms with Gasteiger partial charge < -0.3 is 10.1 Å². The average Bonchev–Trinajstić information content (AvgIpc) is 2.67. The second kappa shape index (κ2) is 3.20. The number of hydrogen-bond donors (Lipinski definition) is 1. The first-order chi connectivity index (χ1) is 7.27. The zero-order chi connectivity index (χ0) is 10.3. The molecule has 1 atom stereocenters. The predicted molar refractivity (Wildman–Crippen MR) is 55.6 cm³/mol. The molecule has 1 unspecified atom stereocenters. The van der Waals surface area contributed by atoms with Gasteiger partial charge in [0.05, 0.1) is 0 Å². The maximum Gasteiger partial charge on any atom is 0.123 e. The van der Waals surface area contributed by atoms with Gasteiger partial charge in [-0.3, -0.25) is 0 Å². The third kappa shape index (κ3) is 1.51. The number of nitrogens with one attached hydrogen (secondary N) is 1. The van der Waals surface area contributed by atoms with Crippen molar-refractivity contribution < 1.29 is 9.13 Å². The first-order valence-corrected chi connectivity index (χ1v) is 5.46. The van der Waals surface area contributed by atoms with Crippen LogP contribution in [0.2, 0.25) is 0 Å². The van der Waals surface area contributed by atoms with Gasteiger partial charge in [-0.05, 0) is 43.1 Å². The molecule has 80 valence electrons. The van der Waals surface area contributed by atoms with E-state index in [0.29, 0.717) is 0 Å². The molecule has 0 amide bonds. The molecule has 3 heteroatoms. The molecule has 2 aliphatic rings. The number of benzene rings is 1. The highest BCUT2D eigenvalue weighted by molar-refractivity contribution is 5.37. The van der Waals surface area contributed by atoms with Crippen LogP contribution in [0.5, 0.6) is 5.75 Å². The summed E-state index contributed by atoms with van der Waals surface area (Å²) in [7, 11) is 0. The largest absolute Gasteiger partial charge is 0.486 e. The Morgan fingerprint density at radius 3 is 3.07 bits per heavy atom. The summed E-state index contributed by atoms with van der Waals surface area (Å²) in [5, 5.41) is 3.33.